The van der Waals surface area contributed by atoms with Gasteiger partial charge in [0.15, 0.2) is 0 Å². The lowest BCUT2D eigenvalue weighted by molar-refractivity contribution is -0.139. The third kappa shape index (κ3) is 10.5. The van der Waals surface area contributed by atoms with Gasteiger partial charge < -0.3 is 14.2 Å². The Balaban J connectivity index is 1.41. The van der Waals surface area contributed by atoms with Gasteiger partial charge in [0.1, 0.15) is 11.5 Å². The monoisotopic (exact) mass is 524 g/mol. The number of aryl methyl sites for hydroxylation is 1. The Morgan fingerprint density at radius 3 is 2.08 bits per heavy atom. The molecule has 0 aliphatic rings. The van der Waals surface area contributed by atoms with E-state index in [1.807, 2.05) is 80.6 Å². The van der Waals surface area contributed by atoms with Gasteiger partial charge >= 0.3 is 5.97 Å². The average molecular weight is 525 g/mol. The number of carbonyl (C=O) groups is 1. The van der Waals surface area contributed by atoms with Gasteiger partial charge in [-0.15, -0.1) is 0 Å². The number of unbranched alkanes of at least 4 members (excludes halogenated alkanes) is 3. The number of hydrogen-bond acceptors (Lipinski definition) is 6. The van der Waals surface area contributed by atoms with Gasteiger partial charge in [-0.05, 0) is 119 Å². The SMILES string of the molecule is C=C(C)C(=O)OCCCCCCOc1ccc(N=Nc2ccc(C#Cc3ccc(OCC)cc3)cc2C)cc1. The fourth-order valence-electron chi connectivity index (χ4n) is 3.55. The van der Waals surface area contributed by atoms with Gasteiger partial charge in [0.25, 0.3) is 0 Å². The van der Waals surface area contributed by atoms with E-state index in [1.165, 1.54) is 0 Å². The van der Waals surface area contributed by atoms with Crippen molar-refractivity contribution in [2.75, 3.05) is 19.8 Å². The quantitative estimate of drug-likeness (QED) is 0.0742. The van der Waals surface area contributed by atoms with Gasteiger partial charge in [-0.1, -0.05) is 18.4 Å². The summed E-state index contributed by atoms with van der Waals surface area (Å²) in [6, 6.07) is 21.3. The Labute approximate surface area is 231 Å². The number of rotatable bonds is 13. The molecule has 39 heavy (non-hydrogen) atoms. The molecule has 0 atom stereocenters. The van der Waals surface area contributed by atoms with Crippen LogP contribution in [-0.4, -0.2) is 25.8 Å². The molecule has 0 unspecified atom stereocenters. The molecule has 0 fully saturated rings. The zero-order chi connectivity index (χ0) is 27.9. The molecule has 0 bridgehead atoms. The molecule has 0 heterocycles. The van der Waals surface area contributed by atoms with E-state index in [0.717, 1.165) is 65.2 Å². The second kappa shape index (κ2) is 15.8. The highest BCUT2D eigenvalue weighted by Crippen LogP contribution is 2.24. The number of azo groups is 1. The number of esters is 1. The molecular weight excluding hydrogens is 488 g/mol. The Morgan fingerprint density at radius 2 is 1.41 bits per heavy atom. The Morgan fingerprint density at radius 1 is 0.795 bits per heavy atom. The summed E-state index contributed by atoms with van der Waals surface area (Å²) in [6.07, 6.45) is 3.79. The lowest BCUT2D eigenvalue weighted by atomic mass is 10.1. The zero-order valence-electron chi connectivity index (χ0n) is 23.0. The van der Waals surface area contributed by atoms with Crippen LogP contribution in [0.25, 0.3) is 0 Å². The standard InChI is InChI=1S/C33H36N2O4/c1-5-37-30-17-12-27(13-18-30)10-11-28-14-21-32(26(4)24-28)35-34-29-15-19-31(20-16-29)38-22-8-6-7-9-23-39-33(36)25(2)3/h12-21,24H,2,5-9,22-23H2,1,3-4H3. The van der Waals surface area contributed by atoms with Crippen LogP contribution in [0.4, 0.5) is 11.4 Å². The summed E-state index contributed by atoms with van der Waals surface area (Å²) >= 11 is 0. The Kier molecular flexibility index (Phi) is 11.8. The lowest BCUT2D eigenvalue weighted by Crippen LogP contribution is -2.06. The van der Waals surface area contributed by atoms with Crippen LogP contribution < -0.4 is 9.47 Å². The largest absolute Gasteiger partial charge is 0.494 e. The van der Waals surface area contributed by atoms with Crippen molar-refractivity contribution >= 4 is 17.3 Å². The van der Waals surface area contributed by atoms with E-state index >= 15 is 0 Å². The summed E-state index contributed by atoms with van der Waals surface area (Å²) in [5.74, 6) is 7.72. The van der Waals surface area contributed by atoms with Gasteiger partial charge in [-0.25, -0.2) is 4.79 Å². The summed E-state index contributed by atoms with van der Waals surface area (Å²) in [5.41, 5.74) is 4.86. The normalized spacial score (nSPS) is 10.5. The number of nitrogens with zero attached hydrogens (tertiary/aromatic N) is 2. The van der Waals surface area contributed by atoms with E-state index in [0.29, 0.717) is 25.4 Å². The van der Waals surface area contributed by atoms with Crippen molar-refractivity contribution in [1.82, 2.24) is 0 Å². The minimum absolute atomic E-state index is 0.323. The van der Waals surface area contributed by atoms with E-state index in [9.17, 15) is 4.79 Å². The number of benzene rings is 3. The second-order valence-electron chi connectivity index (χ2n) is 9.08. The summed E-state index contributed by atoms with van der Waals surface area (Å²) in [6.45, 7) is 10.9. The molecule has 3 aromatic carbocycles. The molecule has 0 radical (unpaired) electrons. The van der Waals surface area contributed by atoms with E-state index < -0.39 is 0 Å². The number of ether oxygens (including phenoxy) is 3. The van der Waals surface area contributed by atoms with Gasteiger partial charge in [-0.3, -0.25) is 0 Å². The van der Waals surface area contributed by atoms with Crippen LogP contribution in [-0.2, 0) is 9.53 Å². The minimum atomic E-state index is -0.323. The van der Waals surface area contributed by atoms with Crippen LogP contribution in [0.15, 0.2) is 89.1 Å². The van der Waals surface area contributed by atoms with Crippen molar-refractivity contribution < 1.29 is 19.0 Å². The van der Waals surface area contributed by atoms with E-state index in [-0.39, 0.29) is 5.97 Å². The van der Waals surface area contributed by atoms with Crippen molar-refractivity contribution in [3.05, 3.63) is 95.6 Å². The maximum Gasteiger partial charge on any atom is 0.333 e. The first kappa shape index (κ1) is 29.2. The molecule has 0 saturated heterocycles. The summed E-state index contributed by atoms with van der Waals surface area (Å²) in [7, 11) is 0. The first-order chi connectivity index (χ1) is 18.9. The molecule has 0 spiro atoms. The van der Waals surface area contributed by atoms with Crippen LogP contribution in [0.1, 0.15) is 56.2 Å². The molecule has 3 aromatic rings. The highest BCUT2D eigenvalue weighted by atomic mass is 16.5. The van der Waals surface area contributed by atoms with E-state index in [4.69, 9.17) is 14.2 Å². The number of hydrogen-bond donors (Lipinski definition) is 0. The molecule has 6 nitrogen and oxygen atoms in total. The smallest absolute Gasteiger partial charge is 0.333 e. The van der Waals surface area contributed by atoms with Crippen LogP contribution in [0.5, 0.6) is 11.5 Å². The fourth-order valence-corrected chi connectivity index (χ4v) is 3.55. The molecule has 0 aliphatic carbocycles. The summed E-state index contributed by atoms with van der Waals surface area (Å²) < 4.78 is 16.4. The van der Waals surface area contributed by atoms with Gasteiger partial charge in [0.2, 0.25) is 0 Å². The maximum absolute atomic E-state index is 11.3. The molecule has 0 N–H and O–H groups in total. The van der Waals surface area contributed by atoms with Gasteiger partial charge in [-0.2, -0.15) is 10.2 Å². The fraction of sp³-hybridized carbons (Fsp3) is 0.303. The van der Waals surface area contributed by atoms with Crippen LogP contribution in [0.2, 0.25) is 0 Å². The third-order valence-electron chi connectivity index (χ3n) is 5.71. The molecule has 0 aromatic heterocycles. The topological polar surface area (TPSA) is 69.5 Å². The van der Waals surface area contributed by atoms with Crippen LogP contribution in [0.3, 0.4) is 0 Å². The zero-order valence-corrected chi connectivity index (χ0v) is 23.0. The highest BCUT2D eigenvalue weighted by molar-refractivity contribution is 5.86. The lowest BCUT2D eigenvalue weighted by Gasteiger charge is -2.07. The summed E-state index contributed by atoms with van der Waals surface area (Å²) in [5, 5.41) is 8.78. The van der Waals surface area contributed by atoms with Crippen molar-refractivity contribution in [3.8, 4) is 23.3 Å². The molecule has 3 rings (SSSR count). The first-order valence-electron chi connectivity index (χ1n) is 13.3. The highest BCUT2D eigenvalue weighted by Gasteiger charge is 2.02. The van der Waals surface area contributed by atoms with Crippen molar-refractivity contribution in [1.29, 1.82) is 0 Å². The average Bonchev–Trinajstić information content (AvgIpc) is 2.94. The Hall–Kier alpha value is -4.37. The molecule has 6 heteroatoms. The molecule has 0 amide bonds. The Bertz CT molecular complexity index is 1320. The van der Waals surface area contributed by atoms with Gasteiger partial charge in [0, 0.05) is 16.7 Å². The predicted molar refractivity (Wildman–Crippen MR) is 155 cm³/mol. The molecule has 0 aliphatic heterocycles. The maximum atomic E-state index is 11.3. The third-order valence-corrected chi connectivity index (χ3v) is 5.71. The first-order valence-corrected chi connectivity index (χ1v) is 13.3. The number of carbonyl (C=O) groups excluding carboxylic acids is 1. The second-order valence-corrected chi connectivity index (χ2v) is 9.08. The van der Waals surface area contributed by atoms with Crippen molar-refractivity contribution in [2.24, 2.45) is 10.2 Å². The van der Waals surface area contributed by atoms with Crippen LogP contribution in [0, 0.1) is 18.8 Å². The molecule has 202 valence electrons. The predicted octanol–water partition coefficient (Wildman–Crippen LogP) is 8.27. The van der Waals surface area contributed by atoms with E-state index in [1.54, 1.807) is 6.92 Å². The molecule has 0 saturated carbocycles. The van der Waals surface area contributed by atoms with Crippen molar-refractivity contribution in [3.63, 3.8) is 0 Å². The minimum Gasteiger partial charge on any atom is -0.494 e. The van der Waals surface area contributed by atoms with Crippen molar-refractivity contribution in [2.45, 2.75) is 46.5 Å². The van der Waals surface area contributed by atoms with Crippen LogP contribution >= 0.6 is 0 Å². The van der Waals surface area contributed by atoms with E-state index in [2.05, 4.69) is 28.6 Å². The molecular formula is C33H36N2O4. The van der Waals surface area contributed by atoms with Gasteiger partial charge in [0.05, 0.1) is 31.2 Å². The summed E-state index contributed by atoms with van der Waals surface area (Å²) in [4.78, 5) is 11.3.